The normalized spacial score (nSPS) is 16.3. The second-order valence-electron chi connectivity index (χ2n) is 9.45. The maximum absolute atomic E-state index is 13.5. The molecule has 2 aromatic rings. The van der Waals surface area contributed by atoms with E-state index in [0.29, 0.717) is 19.5 Å². The Kier molecular flexibility index (Phi) is 7.02. The number of benzene rings is 1. The number of thiophene rings is 1. The smallest absolute Gasteiger partial charge is 0.242 e. The number of carbonyl (C=O) groups excluding carboxylic acids is 2. The van der Waals surface area contributed by atoms with Gasteiger partial charge >= 0.3 is 0 Å². The SMILES string of the molecule is CCCN(CC(=O)N1CCc2sccc2[C@H]1c1ccccc1C)C(=O)CC(C)(C)C. The number of carbonyl (C=O) groups is 2. The van der Waals surface area contributed by atoms with Crippen LogP contribution in [0.15, 0.2) is 35.7 Å². The Hall–Kier alpha value is -2.14. The van der Waals surface area contributed by atoms with Gasteiger partial charge in [0.05, 0.1) is 12.6 Å². The number of fused-ring (bicyclic) bond motifs is 1. The van der Waals surface area contributed by atoms with Gasteiger partial charge in [0.25, 0.3) is 0 Å². The molecule has 2 heterocycles. The molecule has 0 saturated carbocycles. The predicted molar refractivity (Wildman–Crippen MR) is 124 cm³/mol. The van der Waals surface area contributed by atoms with Gasteiger partial charge in [-0.3, -0.25) is 9.59 Å². The Bertz CT molecular complexity index is 897. The lowest BCUT2D eigenvalue weighted by Gasteiger charge is -2.38. The van der Waals surface area contributed by atoms with Crippen LogP contribution in [-0.4, -0.2) is 41.2 Å². The average Bonchev–Trinajstić information content (AvgIpc) is 3.15. The van der Waals surface area contributed by atoms with Gasteiger partial charge < -0.3 is 9.80 Å². The summed E-state index contributed by atoms with van der Waals surface area (Å²) in [4.78, 5) is 31.5. The number of nitrogens with zero attached hydrogens (tertiary/aromatic N) is 2. The van der Waals surface area contributed by atoms with Crippen molar-refractivity contribution in [3.63, 3.8) is 0 Å². The van der Waals surface area contributed by atoms with Crippen LogP contribution in [0, 0.1) is 12.3 Å². The van der Waals surface area contributed by atoms with Crippen molar-refractivity contribution in [2.45, 2.75) is 59.9 Å². The van der Waals surface area contributed by atoms with E-state index in [1.165, 1.54) is 21.6 Å². The number of hydrogen-bond donors (Lipinski definition) is 0. The van der Waals surface area contributed by atoms with E-state index in [-0.39, 0.29) is 29.8 Å². The first-order valence-corrected chi connectivity index (χ1v) is 11.8. The van der Waals surface area contributed by atoms with Crippen molar-refractivity contribution < 1.29 is 9.59 Å². The standard InChI is InChI=1S/C25H34N2O2S/c1-6-13-26(22(28)16-25(3,4)5)17-23(29)27-14-11-21-20(12-15-30-21)24(27)19-10-8-7-9-18(19)2/h7-10,12,15,24H,6,11,13-14,16-17H2,1-5H3/t24-/m1/s1. The molecule has 162 valence electrons. The molecule has 0 aliphatic carbocycles. The fourth-order valence-corrected chi connectivity index (χ4v) is 5.10. The van der Waals surface area contributed by atoms with Crippen molar-refractivity contribution in [1.82, 2.24) is 9.80 Å². The zero-order valence-corrected chi connectivity index (χ0v) is 19.7. The summed E-state index contributed by atoms with van der Waals surface area (Å²) in [6, 6.07) is 10.4. The fourth-order valence-electron chi connectivity index (χ4n) is 4.20. The van der Waals surface area contributed by atoms with Gasteiger partial charge in [-0.1, -0.05) is 52.0 Å². The highest BCUT2D eigenvalue weighted by Crippen LogP contribution is 2.39. The summed E-state index contributed by atoms with van der Waals surface area (Å²) in [6.07, 6.45) is 2.18. The highest BCUT2D eigenvalue weighted by Gasteiger charge is 2.34. The topological polar surface area (TPSA) is 40.6 Å². The average molecular weight is 427 g/mol. The van der Waals surface area contributed by atoms with E-state index in [9.17, 15) is 9.59 Å². The second-order valence-corrected chi connectivity index (χ2v) is 10.4. The molecule has 0 bridgehead atoms. The Balaban J connectivity index is 1.87. The van der Waals surface area contributed by atoms with Crippen molar-refractivity contribution in [3.05, 3.63) is 57.3 Å². The molecule has 5 heteroatoms. The molecule has 30 heavy (non-hydrogen) atoms. The van der Waals surface area contributed by atoms with Crippen LogP contribution in [0.2, 0.25) is 0 Å². The summed E-state index contributed by atoms with van der Waals surface area (Å²) in [5, 5.41) is 2.13. The van der Waals surface area contributed by atoms with Crippen LogP contribution in [0.25, 0.3) is 0 Å². The summed E-state index contributed by atoms with van der Waals surface area (Å²) in [7, 11) is 0. The second kappa shape index (κ2) is 9.34. The maximum atomic E-state index is 13.5. The quantitative estimate of drug-likeness (QED) is 0.636. The molecule has 0 radical (unpaired) electrons. The van der Waals surface area contributed by atoms with Gasteiger partial charge in [-0.2, -0.15) is 0 Å². The summed E-state index contributed by atoms with van der Waals surface area (Å²) in [6.45, 7) is 11.8. The minimum absolute atomic E-state index is 0.0378. The van der Waals surface area contributed by atoms with E-state index < -0.39 is 0 Å². The number of hydrogen-bond acceptors (Lipinski definition) is 3. The minimum atomic E-state index is -0.0908. The molecule has 1 aliphatic rings. The number of amides is 2. The fraction of sp³-hybridized carbons (Fsp3) is 0.520. The highest BCUT2D eigenvalue weighted by molar-refractivity contribution is 7.10. The molecule has 0 saturated heterocycles. The predicted octanol–water partition coefficient (Wildman–Crippen LogP) is 5.21. The third-order valence-corrected chi connectivity index (χ3v) is 6.62. The molecule has 0 fully saturated rings. The molecule has 0 spiro atoms. The molecule has 3 rings (SSSR count). The molecule has 1 aliphatic heterocycles. The third kappa shape index (κ3) is 5.12. The molecular formula is C25H34N2O2S. The van der Waals surface area contributed by atoms with E-state index in [1.54, 1.807) is 16.2 Å². The van der Waals surface area contributed by atoms with Gasteiger partial charge in [0.2, 0.25) is 11.8 Å². The molecule has 1 aromatic carbocycles. The summed E-state index contributed by atoms with van der Waals surface area (Å²) in [5.74, 6) is 0.106. The summed E-state index contributed by atoms with van der Waals surface area (Å²) in [5.41, 5.74) is 3.51. The van der Waals surface area contributed by atoms with Gasteiger partial charge in [-0.15, -0.1) is 11.3 Å². The van der Waals surface area contributed by atoms with Crippen LogP contribution < -0.4 is 0 Å². The maximum Gasteiger partial charge on any atom is 0.242 e. The molecule has 0 unspecified atom stereocenters. The van der Waals surface area contributed by atoms with E-state index in [0.717, 1.165) is 12.8 Å². The highest BCUT2D eigenvalue weighted by atomic mass is 32.1. The van der Waals surface area contributed by atoms with Crippen molar-refractivity contribution in [1.29, 1.82) is 0 Å². The van der Waals surface area contributed by atoms with E-state index >= 15 is 0 Å². The van der Waals surface area contributed by atoms with Gasteiger partial charge in [0.15, 0.2) is 0 Å². The summed E-state index contributed by atoms with van der Waals surface area (Å²) >= 11 is 1.77. The Morgan fingerprint density at radius 1 is 1.17 bits per heavy atom. The number of aryl methyl sites for hydroxylation is 1. The Labute approximate surface area is 184 Å². The number of rotatable bonds is 6. The lowest BCUT2D eigenvalue weighted by atomic mass is 9.90. The van der Waals surface area contributed by atoms with Crippen LogP contribution in [0.5, 0.6) is 0 Å². The van der Waals surface area contributed by atoms with Crippen LogP contribution in [-0.2, 0) is 16.0 Å². The zero-order valence-electron chi connectivity index (χ0n) is 18.9. The van der Waals surface area contributed by atoms with Crippen LogP contribution in [0.3, 0.4) is 0 Å². The summed E-state index contributed by atoms with van der Waals surface area (Å²) < 4.78 is 0. The first-order valence-electron chi connectivity index (χ1n) is 10.9. The van der Waals surface area contributed by atoms with Crippen molar-refractivity contribution in [2.75, 3.05) is 19.6 Å². The molecule has 1 atom stereocenters. The Morgan fingerprint density at radius 3 is 2.57 bits per heavy atom. The van der Waals surface area contributed by atoms with E-state index in [1.807, 2.05) is 17.0 Å². The van der Waals surface area contributed by atoms with Gasteiger partial charge in [0, 0.05) is 24.4 Å². The molecule has 2 amide bonds. The van der Waals surface area contributed by atoms with Crippen molar-refractivity contribution >= 4 is 23.2 Å². The lowest BCUT2D eigenvalue weighted by molar-refractivity contribution is -0.142. The van der Waals surface area contributed by atoms with Crippen molar-refractivity contribution in [2.24, 2.45) is 5.41 Å². The molecular weight excluding hydrogens is 392 g/mol. The van der Waals surface area contributed by atoms with Crippen molar-refractivity contribution in [3.8, 4) is 0 Å². The monoisotopic (exact) mass is 426 g/mol. The first-order chi connectivity index (χ1) is 14.2. The van der Waals surface area contributed by atoms with Crippen LogP contribution >= 0.6 is 11.3 Å². The van der Waals surface area contributed by atoms with E-state index in [2.05, 4.69) is 58.2 Å². The minimum Gasteiger partial charge on any atom is -0.333 e. The first kappa shape index (κ1) is 22.5. The van der Waals surface area contributed by atoms with E-state index in [4.69, 9.17) is 0 Å². The van der Waals surface area contributed by atoms with Crippen LogP contribution in [0.1, 0.15) is 68.1 Å². The third-order valence-electron chi connectivity index (χ3n) is 5.62. The molecule has 4 nitrogen and oxygen atoms in total. The van der Waals surface area contributed by atoms with Gasteiger partial charge in [-0.25, -0.2) is 0 Å². The zero-order chi connectivity index (χ0) is 21.9. The largest absolute Gasteiger partial charge is 0.333 e. The Morgan fingerprint density at radius 2 is 1.90 bits per heavy atom. The van der Waals surface area contributed by atoms with Crippen LogP contribution in [0.4, 0.5) is 0 Å². The van der Waals surface area contributed by atoms with Gasteiger partial charge in [0.1, 0.15) is 0 Å². The lowest BCUT2D eigenvalue weighted by Crippen LogP contribution is -2.47. The molecule has 0 N–H and O–H groups in total. The molecule has 1 aromatic heterocycles. The van der Waals surface area contributed by atoms with Gasteiger partial charge in [-0.05, 0) is 53.3 Å².